The zero-order chi connectivity index (χ0) is 25.7. The molecule has 1 heterocycles. The number of allylic oxidation sites excluding steroid dienone is 4. The number of carbonyl (C=O) groups is 2. The first-order chi connectivity index (χ1) is 16.4. The third-order valence-electron chi connectivity index (χ3n) is 7.36. The highest BCUT2D eigenvalue weighted by atomic mass is 35.5. The number of phenolic OH excluding ortho intramolecular Hbond substituents is 1. The number of ether oxygens (including phenoxy) is 2. The normalized spacial score (nSPS) is 21.9. The average Bonchev–Trinajstić information content (AvgIpc) is 2.74. The van der Waals surface area contributed by atoms with Gasteiger partial charge in [0.15, 0.2) is 23.1 Å². The zero-order valence-electron chi connectivity index (χ0n) is 21.6. The van der Waals surface area contributed by atoms with E-state index in [-0.39, 0.29) is 38.9 Å². The van der Waals surface area contributed by atoms with E-state index in [1.165, 1.54) is 7.11 Å². The number of carbonyl (C=O) groups excluding carboxylic acids is 2. The van der Waals surface area contributed by atoms with Crippen molar-refractivity contribution in [1.82, 2.24) is 4.90 Å². The molecule has 1 aromatic rings. The molecule has 190 valence electrons. The molecule has 1 N–H and O–H groups in total. The summed E-state index contributed by atoms with van der Waals surface area (Å²) in [5.41, 5.74) is 3.68. The summed E-state index contributed by atoms with van der Waals surface area (Å²) in [4.78, 5) is 29.8. The van der Waals surface area contributed by atoms with E-state index in [0.29, 0.717) is 42.7 Å². The Kier molecular flexibility index (Phi) is 6.84. The van der Waals surface area contributed by atoms with Crippen molar-refractivity contribution in [3.63, 3.8) is 0 Å². The molecule has 3 aliphatic rings. The summed E-state index contributed by atoms with van der Waals surface area (Å²) in [6.07, 6.45) is 3.10. The molecule has 6 nitrogen and oxygen atoms in total. The Morgan fingerprint density at radius 3 is 2.00 bits per heavy atom. The van der Waals surface area contributed by atoms with Crippen LogP contribution >= 0.6 is 11.6 Å². The number of Topliss-reactive ketones (excluding diaryl/α,β-unsaturated/α-hetero) is 2. The van der Waals surface area contributed by atoms with Crippen LogP contribution in [0.1, 0.15) is 71.3 Å². The van der Waals surface area contributed by atoms with Crippen molar-refractivity contribution in [3.05, 3.63) is 45.3 Å². The third-order valence-corrected chi connectivity index (χ3v) is 7.64. The van der Waals surface area contributed by atoms with Crippen LogP contribution in [0.15, 0.2) is 34.7 Å². The van der Waals surface area contributed by atoms with Gasteiger partial charge >= 0.3 is 0 Å². The van der Waals surface area contributed by atoms with Crippen LogP contribution < -0.4 is 4.74 Å². The predicted molar refractivity (Wildman–Crippen MR) is 136 cm³/mol. The first-order valence-corrected chi connectivity index (χ1v) is 12.6. The largest absolute Gasteiger partial charge is 0.503 e. The fraction of sp³-hybridized carbons (Fsp3) is 0.571. The number of aromatic hydroxyl groups is 1. The van der Waals surface area contributed by atoms with Gasteiger partial charge in [0.05, 0.1) is 12.1 Å². The van der Waals surface area contributed by atoms with Crippen molar-refractivity contribution in [3.8, 4) is 11.5 Å². The third kappa shape index (κ3) is 4.75. The molecular formula is C28H36ClNO5. The fourth-order valence-electron chi connectivity index (χ4n) is 5.93. The summed E-state index contributed by atoms with van der Waals surface area (Å²) in [6.45, 7) is 9.78. The van der Waals surface area contributed by atoms with Crippen molar-refractivity contribution < 1.29 is 24.2 Å². The van der Waals surface area contributed by atoms with Crippen molar-refractivity contribution in [1.29, 1.82) is 0 Å². The molecule has 0 amide bonds. The summed E-state index contributed by atoms with van der Waals surface area (Å²) >= 11 is 6.39. The Labute approximate surface area is 212 Å². The number of methoxy groups -OCH3 is 2. The Bertz CT molecular complexity index is 1080. The fourth-order valence-corrected chi connectivity index (χ4v) is 6.15. The Morgan fingerprint density at radius 2 is 1.51 bits per heavy atom. The van der Waals surface area contributed by atoms with Gasteiger partial charge in [0.25, 0.3) is 0 Å². The van der Waals surface area contributed by atoms with E-state index >= 15 is 0 Å². The molecule has 2 aliphatic carbocycles. The van der Waals surface area contributed by atoms with E-state index in [2.05, 4.69) is 32.6 Å². The van der Waals surface area contributed by atoms with Gasteiger partial charge < -0.3 is 19.5 Å². The molecule has 0 saturated carbocycles. The van der Waals surface area contributed by atoms with E-state index < -0.39 is 5.92 Å². The van der Waals surface area contributed by atoms with Crippen LogP contribution in [0, 0.1) is 10.8 Å². The number of hydrogen-bond donors (Lipinski definition) is 1. The van der Waals surface area contributed by atoms with E-state index in [9.17, 15) is 14.7 Å². The zero-order valence-corrected chi connectivity index (χ0v) is 22.3. The smallest absolute Gasteiger partial charge is 0.176 e. The predicted octanol–water partition coefficient (Wildman–Crippen LogP) is 5.78. The summed E-state index contributed by atoms with van der Waals surface area (Å²) < 4.78 is 10.7. The maximum absolute atomic E-state index is 13.8. The van der Waals surface area contributed by atoms with Crippen LogP contribution in [-0.2, 0) is 14.3 Å². The number of phenols is 1. The Hall–Kier alpha value is -2.31. The molecule has 1 aliphatic heterocycles. The second-order valence-corrected chi connectivity index (χ2v) is 12.0. The first kappa shape index (κ1) is 25.8. The van der Waals surface area contributed by atoms with Crippen LogP contribution in [0.5, 0.6) is 11.5 Å². The summed E-state index contributed by atoms with van der Waals surface area (Å²) in [6, 6.07) is 3.38. The monoisotopic (exact) mass is 501 g/mol. The van der Waals surface area contributed by atoms with Gasteiger partial charge in [-0.2, -0.15) is 0 Å². The van der Waals surface area contributed by atoms with Gasteiger partial charge in [0.1, 0.15) is 0 Å². The standard InChI is InChI=1S/C28H36ClNO5/c1-27(2)12-18-24(20(31)14-27)23(16-10-17(29)26(33)22(11-16)35-6)25-19(30(18)8-7-9-34-5)13-28(3,4)15-21(25)32/h10-11,23,33H,7-9,12-15H2,1-6H3. The lowest BCUT2D eigenvalue weighted by Crippen LogP contribution is -2.44. The van der Waals surface area contributed by atoms with Crippen molar-refractivity contribution in [2.24, 2.45) is 10.8 Å². The lowest BCUT2D eigenvalue weighted by Gasteiger charge is -2.49. The van der Waals surface area contributed by atoms with Gasteiger partial charge in [-0.25, -0.2) is 0 Å². The Balaban J connectivity index is 1.99. The molecule has 35 heavy (non-hydrogen) atoms. The quantitative estimate of drug-likeness (QED) is 0.498. The minimum atomic E-state index is -0.530. The van der Waals surface area contributed by atoms with E-state index in [1.54, 1.807) is 19.2 Å². The number of rotatable bonds is 6. The minimum absolute atomic E-state index is 0.0605. The van der Waals surface area contributed by atoms with E-state index in [1.807, 2.05) is 0 Å². The van der Waals surface area contributed by atoms with Gasteiger partial charge in [0.2, 0.25) is 0 Å². The van der Waals surface area contributed by atoms with Gasteiger partial charge in [0, 0.05) is 61.6 Å². The molecule has 0 radical (unpaired) electrons. The maximum Gasteiger partial charge on any atom is 0.176 e. The summed E-state index contributed by atoms with van der Waals surface area (Å²) in [5, 5.41) is 10.5. The maximum atomic E-state index is 13.8. The number of benzene rings is 1. The van der Waals surface area contributed by atoms with Crippen molar-refractivity contribution in [2.75, 3.05) is 27.4 Å². The van der Waals surface area contributed by atoms with E-state index in [0.717, 1.165) is 30.7 Å². The summed E-state index contributed by atoms with van der Waals surface area (Å²) in [7, 11) is 3.15. The highest BCUT2D eigenvalue weighted by molar-refractivity contribution is 6.32. The van der Waals surface area contributed by atoms with E-state index in [4.69, 9.17) is 21.1 Å². The molecule has 0 atom stereocenters. The van der Waals surface area contributed by atoms with Gasteiger partial charge in [-0.3, -0.25) is 9.59 Å². The van der Waals surface area contributed by atoms with Crippen LogP contribution in [-0.4, -0.2) is 48.9 Å². The lowest BCUT2D eigenvalue weighted by atomic mass is 9.63. The second kappa shape index (κ2) is 9.29. The number of nitrogens with zero attached hydrogens (tertiary/aromatic N) is 1. The van der Waals surface area contributed by atoms with Crippen LogP contribution in [0.4, 0.5) is 0 Å². The molecule has 0 bridgehead atoms. The van der Waals surface area contributed by atoms with Crippen molar-refractivity contribution in [2.45, 2.75) is 65.7 Å². The molecule has 0 unspecified atom stereocenters. The molecule has 4 rings (SSSR count). The highest BCUT2D eigenvalue weighted by Gasteiger charge is 2.49. The van der Waals surface area contributed by atoms with Crippen molar-refractivity contribution >= 4 is 23.2 Å². The molecule has 1 aromatic carbocycles. The number of ketones is 2. The average molecular weight is 502 g/mol. The molecular weight excluding hydrogens is 466 g/mol. The van der Waals surface area contributed by atoms with Crippen LogP contribution in [0.3, 0.4) is 0 Å². The summed E-state index contributed by atoms with van der Waals surface area (Å²) in [5.74, 6) is -0.328. The molecule has 0 fully saturated rings. The number of hydrogen-bond acceptors (Lipinski definition) is 6. The van der Waals surface area contributed by atoms with Crippen LogP contribution in [0.25, 0.3) is 0 Å². The number of halogens is 1. The first-order valence-electron chi connectivity index (χ1n) is 12.2. The second-order valence-electron chi connectivity index (χ2n) is 11.6. The minimum Gasteiger partial charge on any atom is -0.503 e. The molecule has 0 spiro atoms. The molecule has 0 aromatic heterocycles. The molecule has 0 saturated heterocycles. The van der Waals surface area contributed by atoms with Crippen LogP contribution in [0.2, 0.25) is 5.02 Å². The van der Waals surface area contributed by atoms with Gasteiger partial charge in [-0.15, -0.1) is 0 Å². The highest BCUT2D eigenvalue weighted by Crippen LogP contribution is 2.55. The SMILES string of the molecule is COCCCN1C2=C(C(=O)CC(C)(C)C2)C(c2cc(Cl)c(O)c(OC)c2)C2=C1CC(C)(C)CC2=O. The lowest BCUT2D eigenvalue weighted by molar-refractivity contribution is -0.119. The Morgan fingerprint density at radius 1 is 0.971 bits per heavy atom. The van der Waals surface area contributed by atoms with Gasteiger partial charge in [-0.1, -0.05) is 39.3 Å². The molecule has 7 heteroatoms. The topological polar surface area (TPSA) is 76.1 Å². The van der Waals surface area contributed by atoms with Gasteiger partial charge in [-0.05, 0) is 47.8 Å².